The molecule has 1 unspecified atom stereocenters. The Kier molecular flexibility index (Phi) is 8.37. The number of nitrogens with zero attached hydrogens (tertiary/aromatic N) is 5. The molecule has 6 aromatic carbocycles. The van der Waals surface area contributed by atoms with Crippen molar-refractivity contribution in [2.75, 3.05) is 0 Å². The number of hydrogen-bond acceptors (Lipinski definition) is 4. The zero-order valence-corrected chi connectivity index (χ0v) is 31.9. The Morgan fingerprint density at radius 3 is 1.73 bits per heavy atom. The molecule has 0 amide bonds. The summed E-state index contributed by atoms with van der Waals surface area (Å²) in [5.74, 6) is 4.17. The standard InChI is InChI=1S/C51H43N5/c1-33-26-36-27-34(2)30-51(29-33,31-36)42-21-16-40(17-22-42)49-53-48(39-14-12-35(32-52)13-15-39)54-50(55-49)41-20-25-45-44-10-6-7-11-46(44)56(47(45)28-41)43-23-18-38(19-24-43)37-8-4-3-5-9-37/h3-25,28,33-34,36H,26-27,29-31H2,1-2H3/t33-,34+,36-,51?. The summed E-state index contributed by atoms with van der Waals surface area (Å²) in [5.41, 5.74) is 10.7. The van der Waals surface area contributed by atoms with Gasteiger partial charge in [-0.2, -0.15) is 5.26 Å². The number of rotatable bonds is 6. The number of aromatic nitrogens is 4. The normalized spacial score (nSPS) is 20.6. The van der Waals surface area contributed by atoms with Crippen LogP contribution in [-0.4, -0.2) is 19.5 Å². The van der Waals surface area contributed by atoms with Gasteiger partial charge in [-0.1, -0.05) is 111 Å². The van der Waals surface area contributed by atoms with Crippen LogP contribution < -0.4 is 0 Å². The van der Waals surface area contributed by atoms with E-state index in [1.807, 2.05) is 24.3 Å². The van der Waals surface area contributed by atoms with Gasteiger partial charge < -0.3 is 4.57 Å². The molecule has 5 heteroatoms. The fourth-order valence-electron chi connectivity index (χ4n) is 10.3. The molecule has 5 nitrogen and oxygen atoms in total. The Balaban J connectivity index is 1.09. The van der Waals surface area contributed by atoms with Crippen molar-refractivity contribution in [1.29, 1.82) is 5.26 Å². The average molecular weight is 726 g/mol. The second-order valence-electron chi connectivity index (χ2n) is 16.5. The van der Waals surface area contributed by atoms with Gasteiger partial charge in [0.05, 0.1) is 22.7 Å². The largest absolute Gasteiger partial charge is 0.309 e. The Labute approximate surface area is 328 Å². The molecule has 2 saturated carbocycles. The van der Waals surface area contributed by atoms with Crippen LogP contribution in [0.5, 0.6) is 0 Å². The van der Waals surface area contributed by atoms with Crippen molar-refractivity contribution in [2.24, 2.45) is 17.8 Å². The van der Waals surface area contributed by atoms with E-state index in [0.717, 1.165) is 51.2 Å². The highest BCUT2D eigenvalue weighted by molar-refractivity contribution is 6.10. The number of hydrogen-bond donors (Lipinski definition) is 0. The molecule has 2 aliphatic carbocycles. The maximum absolute atomic E-state index is 9.50. The molecular weight excluding hydrogens is 683 g/mol. The van der Waals surface area contributed by atoms with Gasteiger partial charge in [0, 0.05) is 33.2 Å². The third-order valence-corrected chi connectivity index (χ3v) is 12.5. The monoisotopic (exact) mass is 725 g/mol. The molecule has 2 aliphatic rings. The number of benzene rings is 6. The van der Waals surface area contributed by atoms with Gasteiger partial charge in [0.1, 0.15) is 0 Å². The highest BCUT2D eigenvalue weighted by atomic mass is 15.0. The molecule has 2 fully saturated rings. The first-order chi connectivity index (χ1) is 27.4. The lowest BCUT2D eigenvalue weighted by molar-refractivity contribution is 0.0780. The molecule has 0 saturated heterocycles. The van der Waals surface area contributed by atoms with Gasteiger partial charge >= 0.3 is 0 Å². The van der Waals surface area contributed by atoms with E-state index in [2.05, 4.69) is 146 Å². The van der Waals surface area contributed by atoms with Gasteiger partial charge in [-0.25, -0.2) is 15.0 Å². The number of fused-ring (bicyclic) bond motifs is 5. The van der Waals surface area contributed by atoms with Gasteiger partial charge in [0.25, 0.3) is 0 Å². The summed E-state index contributed by atoms with van der Waals surface area (Å²) in [6, 6.07) is 53.3. The van der Waals surface area contributed by atoms with Crippen LogP contribution >= 0.6 is 0 Å². The highest BCUT2D eigenvalue weighted by Gasteiger charge is 2.45. The summed E-state index contributed by atoms with van der Waals surface area (Å²) in [6.45, 7) is 4.89. The zero-order valence-electron chi connectivity index (χ0n) is 31.9. The van der Waals surface area contributed by atoms with E-state index in [4.69, 9.17) is 15.0 Å². The summed E-state index contributed by atoms with van der Waals surface area (Å²) >= 11 is 0. The van der Waals surface area contributed by atoms with Gasteiger partial charge in [0.2, 0.25) is 0 Å². The molecule has 0 radical (unpaired) electrons. The Bertz CT molecular complexity index is 2740. The number of para-hydroxylation sites is 1. The van der Waals surface area contributed by atoms with Crippen molar-refractivity contribution in [1.82, 2.24) is 19.5 Å². The third kappa shape index (κ3) is 6.07. The van der Waals surface area contributed by atoms with Crippen molar-refractivity contribution < 1.29 is 0 Å². The lowest BCUT2D eigenvalue weighted by Crippen LogP contribution is -2.42. The van der Waals surface area contributed by atoms with E-state index in [9.17, 15) is 5.26 Å². The second-order valence-corrected chi connectivity index (χ2v) is 16.5. The molecule has 2 aromatic heterocycles. The van der Waals surface area contributed by atoms with Gasteiger partial charge in [-0.15, -0.1) is 0 Å². The van der Waals surface area contributed by atoms with Crippen LogP contribution in [0.1, 0.15) is 57.1 Å². The van der Waals surface area contributed by atoms with Crippen LogP contribution in [0.2, 0.25) is 0 Å². The molecule has 2 heterocycles. The lowest BCUT2D eigenvalue weighted by atomic mass is 9.54. The topological polar surface area (TPSA) is 67.4 Å². The summed E-state index contributed by atoms with van der Waals surface area (Å²) in [5, 5.41) is 11.9. The van der Waals surface area contributed by atoms with Crippen molar-refractivity contribution in [3.05, 3.63) is 157 Å². The van der Waals surface area contributed by atoms with Crippen molar-refractivity contribution >= 4 is 21.8 Å². The summed E-state index contributed by atoms with van der Waals surface area (Å²) in [7, 11) is 0. The molecule has 4 atom stereocenters. The van der Waals surface area contributed by atoms with E-state index in [1.165, 1.54) is 59.6 Å². The minimum atomic E-state index is 0.256. The first-order valence-electron chi connectivity index (χ1n) is 20.0. The van der Waals surface area contributed by atoms with Gasteiger partial charge in [-0.05, 0) is 120 Å². The van der Waals surface area contributed by atoms with E-state index in [-0.39, 0.29) is 5.41 Å². The van der Waals surface area contributed by atoms with Gasteiger partial charge in [0.15, 0.2) is 17.5 Å². The summed E-state index contributed by atoms with van der Waals surface area (Å²) in [4.78, 5) is 15.3. The maximum atomic E-state index is 9.50. The first-order valence-corrected chi connectivity index (χ1v) is 20.0. The van der Waals surface area contributed by atoms with Crippen LogP contribution in [0.4, 0.5) is 0 Å². The SMILES string of the molecule is C[C@@H]1C[C@@H]2C[C@H](C)CC(c3ccc(-c4nc(-c5ccc(C#N)cc5)nc(-c5ccc6c7ccccc7n(-c7ccc(-c8ccccc8)cc7)c6c5)n4)cc3)(C1)C2. The molecule has 0 spiro atoms. The predicted octanol–water partition coefficient (Wildman–Crippen LogP) is 12.6. The minimum Gasteiger partial charge on any atom is -0.309 e. The molecule has 56 heavy (non-hydrogen) atoms. The zero-order chi connectivity index (χ0) is 37.8. The molecule has 0 aliphatic heterocycles. The van der Waals surface area contributed by atoms with Crippen LogP contribution in [-0.2, 0) is 5.41 Å². The van der Waals surface area contributed by atoms with E-state index >= 15 is 0 Å². The molecule has 2 bridgehead atoms. The average Bonchev–Trinajstić information content (AvgIpc) is 3.57. The summed E-state index contributed by atoms with van der Waals surface area (Å²) in [6.07, 6.45) is 6.56. The van der Waals surface area contributed by atoms with E-state index < -0.39 is 0 Å². The fourth-order valence-corrected chi connectivity index (χ4v) is 10.3. The fraction of sp³-hybridized carbons (Fsp3) is 0.216. The second kappa shape index (κ2) is 13.7. The smallest absolute Gasteiger partial charge is 0.164 e. The highest BCUT2D eigenvalue weighted by Crippen LogP contribution is 2.54. The predicted molar refractivity (Wildman–Crippen MR) is 227 cm³/mol. The number of nitriles is 1. The molecule has 8 aromatic rings. The lowest BCUT2D eigenvalue weighted by Gasteiger charge is -2.50. The van der Waals surface area contributed by atoms with Crippen LogP contribution in [0, 0.1) is 29.1 Å². The van der Waals surface area contributed by atoms with Crippen LogP contribution in [0.15, 0.2) is 146 Å². The minimum absolute atomic E-state index is 0.256. The molecule has 0 N–H and O–H groups in total. The van der Waals surface area contributed by atoms with E-state index in [0.29, 0.717) is 23.0 Å². The van der Waals surface area contributed by atoms with Crippen molar-refractivity contribution in [2.45, 2.75) is 51.4 Å². The Hall–Kier alpha value is -6.38. The quantitative estimate of drug-likeness (QED) is 0.171. The van der Waals surface area contributed by atoms with Crippen molar-refractivity contribution in [3.8, 4) is 57.0 Å². The molecule has 10 rings (SSSR count). The first kappa shape index (κ1) is 34.1. The van der Waals surface area contributed by atoms with E-state index in [1.54, 1.807) is 0 Å². The Morgan fingerprint density at radius 2 is 1.07 bits per heavy atom. The van der Waals surface area contributed by atoms with Crippen LogP contribution in [0.25, 0.3) is 72.8 Å². The third-order valence-electron chi connectivity index (χ3n) is 12.5. The molecule has 272 valence electrons. The van der Waals surface area contributed by atoms with Gasteiger partial charge in [-0.3, -0.25) is 0 Å². The Morgan fingerprint density at radius 1 is 0.536 bits per heavy atom. The maximum Gasteiger partial charge on any atom is 0.164 e. The summed E-state index contributed by atoms with van der Waals surface area (Å²) < 4.78 is 2.34. The van der Waals surface area contributed by atoms with Crippen LogP contribution in [0.3, 0.4) is 0 Å². The molecular formula is C51H43N5. The van der Waals surface area contributed by atoms with Crippen molar-refractivity contribution in [3.63, 3.8) is 0 Å².